The van der Waals surface area contributed by atoms with Gasteiger partial charge in [0.05, 0.1) is 13.2 Å². The number of carbonyl (C=O) groups excluding carboxylic acids is 2. The second-order valence-electron chi connectivity index (χ2n) is 3.92. The van der Waals surface area contributed by atoms with Gasteiger partial charge in [0, 0.05) is 6.54 Å². The van der Waals surface area contributed by atoms with E-state index in [2.05, 4.69) is 11.9 Å². The van der Waals surface area contributed by atoms with E-state index in [1.807, 2.05) is 19.1 Å². The lowest BCUT2D eigenvalue weighted by atomic mass is 10.1. The summed E-state index contributed by atoms with van der Waals surface area (Å²) < 4.78 is 0. The molecular formula is C13H18N2O3. The number of amides is 2. The Balaban J connectivity index is 2.89. The van der Waals surface area contributed by atoms with Crippen LogP contribution in [0.15, 0.2) is 36.5 Å². The Morgan fingerprint density at radius 3 is 2.89 bits per heavy atom. The minimum atomic E-state index is -0.815. The molecular weight excluding hydrogens is 232 g/mol. The van der Waals surface area contributed by atoms with Crippen LogP contribution in [0.2, 0.25) is 0 Å². The van der Waals surface area contributed by atoms with E-state index in [1.54, 1.807) is 12.2 Å². The summed E-state index contributed by atoms with van der Waals surface area (Å²) in [6, 6.07) is -0.815. The molecule has 5 nitrogen and oxygen atoms in total. The minimum absolute atomic E-state index is 0.0213. The third-order valence-electron chi connectivity index (χ3n) is 2.65. The summed E-state index contributed by atoms with van der Waals surface area (Å²) in [4.78, 5) is 24.7. The van der Waals surface area contributed by atoms with Gasteiger partial charge in [-0.2, -0.15) is 0 Å². The summed E-state index contributed by atoms with van der Waals surface area (Å²) in [5, 5.41) is 11.7. The number of aliphatic hydroxyl groups is 1. The maximum Gasteiger partial charge on any atom is 0.245 e. The van der Waals surface area contributed by atoms with Crippen LogP contribution in [0.5, 0.6) is 0 Å². The number of aliphatic hydroxyl groups excluding tert-OH is 1. The van der Waals surface area contributed by atoms with Crippen molar-refractivity contribution in [2.45, 2.75) is 13.0 Å². The minimum Gasteiger partial charge on any atom is -0.394 e. The van der Waals surface area contributed by atoms with Crippen molar-refractivity contribution >= 4 is 11.8 Å². The highest BCUT2D eigenvalue weighted by atomic mass is 16.3. The van der Waals surface area contributed by atoms with Crippen molar-refractivity contribution < 1.29 is 14.7 Å². The van der Waals surface area contributed by atoms with Crippen molar-refractivity contribution in [2.75, 3.05) is 19.7 Å². The number of carbonyl (C=O) groups is 2. The molecule has 1 fully saturated rings. The lowest BCUT2D eigenvalue weighted by molar-refractivity contribution is -0.146. The molecule has 1 atom stereocenters. The van der Waals surface area contributed by atoms with E-state index in [9.17, 15) is 14.7 Å². The van der Waals surface area contributed by atoms with Crippen LogP contribution in [0.25, 0.3) is 0 Å². The average molecular weight is 250 g/mol. The van der Waals surface area contributed by atoms with Crippen molar-refractivity contribution in [2.24, 2.45) is 0 Å². The Hall–Kier alpha value is -1.88. The number of piperazine rings is 1. The Kier molecular flexibility index (Phi) is 5.32. The van der Waals surface area contributed by atoms with Gasteiger partial charge in [-0.3, -0.25) is 9.59 Å². The SMILES string of the molecule is C=C/C=C(\C=C/C)CN1C(=O)CNC(=O)[C@H]1CO. The van der Waals surface area contributed by atoms with Crippen LogP contribution >= 0.6 is 0 Å². The molecule has 0 saturated carbocycles. The average Bonchev–Trinajstić information content (AvgIpc) is 2.35. The van der Waals surface area contributed by atoms with Crippen LogP contribution in [0, 0.1) is 0 Å². The summed E-state index contributed by atoms with van der Waals surface area (Å²) in [5.41, 5.74) is 0.856. The fourth-order valence-corrected chi connectivity index (χ4v) is 1.80. The van der Waals surface area contributed by atoms with Gasteiger partial charge in [-0.15, -0.1) is 0 Å². The first-order chi connectivity index (χ1) is 8.63. The molecule has 98 valence electrons. The zero-order valence-electron chi connectivity index (χ0n) is 10.4. The third-order valence-corrected chi connectivity index (χ3v) is 2.65. The topological polar surface area (TPSA) is 69.6 Å². The number of hydrogen-bond donors (Lipinski definition) is 2. The number of nitrogens with one attached hydrogen (secondary N) is 1. The van der Waals surface area contributed by atoms with Crippen molar-refractivity contribution in [3.8, 4) is 0 Å². The van der Waals surface area contributed by atoms with Gasteiger partial charge in [0.25, 0.3) is 0 Å². The number of nitrogens with zero attached hydrogens (tertiary/aromatic N) is 1. The fourth-order valence-electron chi connectivity index (χ4n) is 1.80. The number of hydrogen-bond acceptors (Lipinski definition) is 3. The maximum atomic E-state index is 11.8. The molecule has 0 spiro atoms. The lowest BCUT2D eigenvalue weighted by Crippen LogP contribution is -2.60. The van der Waals surface area contributed by atoms with Crippen molar-refractivity contribution in [3.63, 3.8) is 0 Å². The fraction of sp³-hybridized carbons (Fsp3) is 0.385. The zero-order chi connectivity index (χ0) is 13.5. The molecule has 0 radical (unpaired) electrons. The normalized spacial score (nSPS) is 21.3. The van der Waals surface area contributed by atoms with Gasteiger partial charge in [-0.25, -0.2) is 0 Å². The molecule has 2 amide bonds. The predicted octanol–water partition coefficient (Wildman–Crippen LogP) is -0.00580. The summed E-state index contributed by atoms with van der Waals surface area (Å²) in [6.45, 7) is 5.36. The van der Waals surface area contributed by atoms with Gasteiger partial charge in [0.1, 0.15) is 6.04 Å². The maximum absolute atomic E-state index is 11.8. The first-order valence-corrected chi connectivity index (χ1v) is 5.76. The van der Waals surface area contributed by atoms with E-state index in [0.717, 1.165) is 5.57 Å². The van der Waals surface area contributed by atoms with Crippen molar-refractivity contribution in [1.29, 1.82) is 0 Å². The largest absolute Gasteiger partial charge is 0.394 e. The van der Waals surface area contributed by atoms with Gasteiger partial charge in [0.15, 0.2) is 0 Å². The number of rotatable bonds is 5. The Bertz CT molecular complexity index is 399. The Labute approximate surface area is 106 Å². The predicted molar refractivity (Wildman–Crippen MR) is 68.7 cm³/mol. The second-order valence-corrected chi connectivity index (χ2v) is 3.92. The van der Waals surface area contributed by atoms with E-state index in [4.69, 9.17) is 0 Å². The van der Waals surface area contributed by atoms with Crippen molar-refractivity contribution in [3.05, 3.63) is 36.5 Å². The Morgan fingerprint density at radius 1 is 1.61 bits per heavy atom. The Morgan fingerprint density at radius 2 is 2.33 bits per heavy atom. The van der Waals surface area contributed by atoms with E-state index >= 15 is 0 Å². The van der Waals surface area contributed by atoms with Crippen LogP contribution < -0.4 is 5.32 Å². The van der Waals surface area contributed by atoms with E-state index < -0.39 is 6.04 Å². The molecule has 5 heteroatoms. The van der Waals surface area contributed by atoms with E-state index in [-0.39, 0.29) is 31.5 Å². The van der Waals surface area contributed by atoms with Gasteiger partial charge in [0.2, 0.25) is 11.8 Å². The first kappa shape index (κ1) is 14.2. The third kappa shape index (κ3) is 3.30. The molecule has 0 bridgehead atoms. The van der Waals surface area contributed by atoms with Crippen LogP contribution in [-0.2, 0) is 9.59 Å². The second kappa shape index (κ2) is 6.76. The smallest absolute Gasteiger partial charge is 0.245 e. The van der Waals surface area contributed by atoms with Crippen LogP contribution in [-0.4, -0.2) is 47.6 Å². The molecule has 18 heavy (non-hydrogen) atoms. The highest BCUT2D eigenvalue weighted by Gasteiger charge is 2.33. The van der Waals surface area contributed by atoms with Gasteiger partial charge in [-0.1, -0.05) is 30.9 Å². The molecule has 1 aliphatic heterocycles. The van der Waals surface area contributed by atoms with E-state index in [0.29, 0.717) is 0 Å². The van der Waals surface area contributed by atoms with Gasteiger partial charge < -0.3 is 15.3 Å². The van der Waals surface area contributed by atoms with Gasteiger partial charge >= 0.3 is 0 Å². The quantitative estimate of drug-likeness (QED) is 0.674. The first-order valence-electron chi connectivity index (χ1n) is 5.76. The van der Waals surface area contributed by atoms with Crippen molar-refractivity contribution in [1.82, 2.24) is 10.2 Å². The lowest BCUT2D eigenvalue weighted by Gasteiger charge is -2.34. The van der Waals surface area contributed by atoms with Crippen LogP contribution in [0.4, 0.5) is 0 Å². The standard InChI is InChI=1S/C13H18N2O3/c1-3-5-10(6-4-2)8-15-11(9-16)13(18)14-7-12(15)17/h3-6,11,16H,1,7-9H2,2H3,(H,14,18)/b6-4-,10-5+/t11-/m1/s1. The van der Waals surface area contributed by atoms with Crippen LogP contribution in [0.3, 0.4) is 0 Å². The van der Waals surface area contributed by atoms with Gasteiger partial charge in [-0.05, 0) is 12.5 Å². The number of allylic oxidation sites excluding steroid dienone is 3. The molecule has 0 unspecified atom stereocenters. The molecule has 1 heterocycles. The monoisotopic (exact) mass is 250 g/mol. The van der Waals surface area contributed by atoms with Crippen LogP contribution in [0.1, 0.15) is 6.92 Å². The summed E-state index contributed by atoms with van der Waals surface area (Å²) in [6.07, 6.45) is 7.08. The molecule has 0 aliphatic carbocycles. The molecule has 2 N–H and O–H groups in total. The summed E-state index contributed by atoms with van der Waals surface area (Å²) >= 11 is 0. The molecule has 1 rings (SSSR count). The highest BCUT2D eigenvalue weighted by molar-refractivity contribution is 5.95. The molecule has 0 aromatic rings. The highest BCUT2D eigenvalue weighted by Crippen LogP contribution is 2.10. The molecule has 1 aliphatic rings. The summed E-state index contributed by atoms with van der Waals surface area (Å²) in [5.74, 6) is -0.524. The summed E-state index contributed by atoms with van der Waals surface area (Å²) in [7, 11) is 0. The molecule has 0 aromatic heterocycles. The van der Waals surface area contributed by atoms with E-state index in [1.165, 1.54) is 4.90 Å². The molecule has 0 aromatic carbocycles. The molecule has 1 saturated heterocycles. The zero-order valence-corrected chi connectivity index (χ0v) is 10.4.